The van der Waals surface area contributed by atoms with Crippen molar-refractivity contribution in [2.24, 2.45) is 5.64 Å². The van der Waals surface area contributed by atoms with Crippen LogP contribution in [-0.4, -0.2) is 40.6 Å². The van der Waals surface area contributed by atoms with E-state index in [4.69, 9.17) is 15.9 Å². The van der Waals surface area contributed by atoms with Crippen molar-refractivity contribution < 1.29 is 19.8 Å². The van der Waals surface area contributed by atoms with Gasteiger partial charge in [-0.25, -0.2) is 0 Å². The van der Waals surface area contributed by atoms with Crippen LogP contribution < -0.4 is 5.64 Å². The van der Waals surface area contributed by atoms with E-state index in [9.17, 15) is 9.59 Å². The van der Waals surface area contributed by atoms with E-state index in [-0.39, 0.29) is 0 Å². The number of carbonyl (C=O) groups excluding carboxylic acids is 2. The number of hydrogen-bond acceptors (Lipinski definition) is 5. The molecule has 1 aliphatic rings. The minimum Gasteiger partial charge on any atom is -0.383 e. The molecular weight excluding hydrogens is 137 g/mol. The van der Waals surface area contributed by atoms with Crippen LogP contribution in [0.4, 0.5) is 0 Å². The molecule has 1 aliphatic heterocycles. The summed E-state index contributed by atoms with van der Waals surface area (Å²) >= 11 is 0. The molecule has 0 aliphatic carbocycles. The maximum Gasteiger partial charge on any atom is 0.381 e. The molecule has 5 nitrogen and oxygen atoms in total. The van der Waals surface area contributed by atoms with Crippen molar-refractivity contribution in [3.63, 3.8) is 0 Å². The Morgan fingerprint density at radius 1 is 1.20 bits per heavy atom. The Hall–Kier alpha value is -0.715. The topological polar surface area (TPSA) is 101 Å². The number of nitrogens with two attached hydrogens (primary N) is 1. The monoisotopic (exact) mass is 143 g/mol. The summed E-state index contributed by atoms with van der Waals surface area (Å²) in [5.74, 6) is 0. The van der Waals surface area contributed by atoms with Crippen LogP contribution in [0.1, 0.15) is 0 Å². The molecule has 0 radical (unpaired) electrons. The van der Waals surface area contributed by atoms with Crippen LogP contribution in [0.5, 0.6) is 0 Å². The predicted octanol–water partition coefficient (Wildman–Crippen LogP) is -3.11. The van der Waals surface area contributed by atoms with Crippen molar-refractivity contribution in [1.82, 2.24) is 0 Å². The zero-order valence-corrected chi connectivity index (χ0v) is 5.02. The molecule has 1 rings (SSSR count). The van der Waals surface area contributed by atoms with E-state index in [1.807, 2.05) is 0 Å². The minimum absolute atomic E-state index is 0.808. The Balaban J connectivity index is 2.89. The summed E-state index contributed by atoms with van der Waals surface area (Å²) in [5, 5.41) is 17.4. The lowest BCUT2D eigenvalue weighted by Gasteiger charge is -2.01. The molecule has 0 aromatic rings. The highest BCUT2D eigenvalue weighted by atomic mass is 16.3. The van der Waals surface area contributed by atoms with E-state index >= 15 is 0 Å². The summed E-state index contributed by atoms with van der Waals surface area (Å²) in [6, 6.07) is 0. The third kappa shape index (κ3) is 0.774. The van der Waals surface area contributed by atoms with Gasteiger partial charge in [-0.1, -0.05) is 0 Å². The fraction of sp³-hybridized carbons (Fsp3) is 0.500. The number of rotatable bonds is 0. The van der Waals surface area contributed by atoms with E-state index < -0.39 is 30.4 Å². The molecule has 54 valence electrons. The van der Waals surface area contributed by atoms with Gasteiger partial charge in [0.05, 0.1) is 0 Å². The molecule has 1 heterocycles. The van der Waals surface area contributed by atoms with Gasteiger partial charge in [-0.2, -0.15) is 0 Å². The maximum absolute atomic E-state index is 10.6. The molecule has 0 amide bonds. The molecule has 2 atom stereocenters. The quantitative estimate of drug-likeness (QED) is 0.311. The molecule has 10 heavy (non-hydrogen) atoms. The average molecular weight is 143 g/mol. The number of carbonyl (C=O) groups is 2. The van der Waals surface area contributed by atoms with Crippen LogP contribution in [0.15, 0.2) is 0 Å². The fourth-order valence-corrected chi connectivity index (χ4v) is 0.819. The predicted molar refractivity (Wildman–Crippen MR) is 32.0 cm³/mol. The lowest BCUT2D eigenvalue weighted by Crippen LogP contribution is -2.40. The molecule has 2 unspecified atom stereocenters. The second-order valence-electron chi connectivity index (χ2n) is 2.17. The molecule has 6 heteroatoms. The van der Waals surface area contributed by atoms with E-state index in [1.165, 1.54) is 0 Å². The Kier molecular flexibility index (Phi) is 1.59. The number of hydrogen-bond donors (Lipinski definition) is 3. The lowest BCUT2D eigenvalue weighted by molar-refractivity contribution is -0.129. The summed E-state index contributed by atoms with van der Waals surface area (Å²) in [6.45, 7) is -1.34. The Morgan fingerprint density at radius 2 is 1.50 bits per heavy atom. The second kappa shape index (κ2) is 2.15. The van der Waals surface area contributed by atoms with Gasteiger partial charge in [0.25, 0.3) is 0 Å². The molecule has 0 aromatic carbocycles. The standard InChI is InChI=1S/C4H6BNO4/c6-5-3(9)1(7)2(8)4(5)10/h1-2,7-8H,6H2. The normalized spacial score (nSPS) is 33.7. The van der Waals surface area contributed by atoms with E-state index in [0.29, 0.717) is 0 Å². The van der Waals surface area contributed by atoms with Gasteiger partial charge in [0.2, 0.25) is 0 Å². The summed E-state index contributed by atoms with van der Waals surface area (Å²) in [6.07, 6.45) is -3.25. The summed E-state index contributed by atoms with van der Waals surface area (Å²) < 4.78 is 0. The first kappa shape index (κ1) is 7.39. The Morgan fingerprint density at radius 3 is 1.60 bits per heavy atom. The summed E-state index contributed by atoms with van der Waals surface area (Å²) in [7, 11) is 0. The van der Waals surface area contributed by atoms with Crippen LogP contribution in [-0.2, 0) is 9.59 Å². The first-order valence-corrected chi connectivity index (χ1v) is 2.75. The second-order valence-corrected chi connectivity index (χ2v) is 2.17. The molecule has 1 fully saturated rings. The van der Waals surface area contributed by atoms with Crippen LogP contribution in [0.25, 0.3) is 0 Å². The zero-order chi connectivity index (χ0) is 7.89. The zero-order valence-electron chi connectivity index (χ0n) is 5.02. The van der Waals surface area contributed by atoms with Gasteiger partial charge in [0.15, 0.2) is 11.4 Å². The third-order valence-corrected chi connectivity index (χ3v) is 1.50. The van der Waals surface area contributed by atoms with Crippen LogP contribution in [0.2, 0.25) is 0 Å². The first-order valence-electron chi connectivity index (χ1n) is 2.75. The van der Waals surface area contributed by atoms with Gasteiger partial charge >= 0.3 is 6.85 Å². The van der Waals surface area contributed by atoms with Crippen LogP contribution in [0.3, 0.4) is 0 Å². The molecular formula is C4H6BNO4. The molecule has 0 saturated carbocycles. The molecule has 0 spiro atoms. The third-order valence-electron chi connectivity index (χ3n) is 1.50. The maximum atomic E-state index is 10.6. The Labute approximate surface area is 56.9 Å². The van der Waals surface area contributed by atoms with Crippen LogP contribution in [0, 0.1) is 0 Å². The van der Waals surface area contributed by atoms with Gasteiger partial charge in [-0.15, -0.1) is 0 Å². The summed E-state index contributed by atoms with van der Waals surface area (Å²) in [5.41, 5.74) is 3.37. The molecule has 4 N–H and O–H groups in total. The van der Waals surface area contributed by atoms with Gasteiger partial charge in [0, 0.05) is 0 Å². The van der Waals surface area contributed by atoms with E-state index in [0.717, 1.165) is 0 Å². The number of aliphatic hydroxyl groups excluding tert-OH is 2. The lowest BCUT2D eigenvalue weighted by atomic mass is 9.60. The van der Waals surface area contributed by atoms with Crippen molar-refractivity contribution in [2.45, 2.75) is 12.2 Å². The van der Waals surface area contributed by atoms with E-state index in [1.54, 1.807) is 0 Å². The number of aliphatic hydroxyl groups is 2. The van der Waals surface area contributed by atoms with Crippen LogP contribution >= 0.6 is 0 Å². The van der Waals surface area contributed by atoms with Crippen molar-refractivity contribution in [1.29, 1.82) is 0 Å². The van der Waals surface area contributed by atoms with E-state index in [2.05, 4.69) is 0 Å². The van der Waals surface area contributed by atoms with Crippen molar-refractivity contribution in [2.75, 3.05) is 0 Å². The molecule has 0 bridgehead atoms. The average Bonchev–Trinajstić information content (AvgIpc) is 2.07. The van der Waals surface area contributed by atoms with Crippen molar-refractivity contribution in [3.05, 3.63) is 0 Å². The highest BCUT2D eigenvalue weighted by Gasteiger charge is 2.49. The fourth-order valence-electron chi connectivity index (χ4n) is 0.819. The van der Waals surface area contributed by atoms with Crippen molar-refractivity contribution in [3.8, 4) is 0 Å². The molecule has 1 saturated heterocycles. The summed E-state index contributed by atoms with van der Waals surface area (Å²) in [4.78, 5) is 21.1. The largest absolute Gasteiger partial charge is 0.383 e. The van der Waals surface area contributed by atoms with Gasteiger partial charge < -0.3 is 25.4 Å². The van der Waals surface area contributed by atoms with Crippen molar-refractivity contribution >= 4 is 18.2 Å². The van der Waals surface area contributed by atoms with Gasteiger partial charge in [-0.3, -0.25) is 0 Å². The van der Waals surface area contributed by atoms with Gasteiger partial charge in [-0.05, 0) is 0 Å². The SMILES string of the molecule is NB1C(=O)C(O)C(O)C1=O. The highest BCUT2D eigenvalue weighted by molar-refractivity contribution is 7.12. The van der Waals surface area contributed by atoms with Gasteiger partial charge in [0.1, 0.15) is 12.2 Å². The first-order chi connectivity index (χ1) is 4.55. The smallest absolute Gasteiger partial charge is 0.381 e. The Bertz CT molecular complexity index is 174. The minimum atomic E-state index is -1.62. The molecule has 0 aromatic heterocycles. The highest BCUT2D eigenvalue weighted by Crippen LogP contribution is 2.07.